The van der Waals surface area contributed by atoms with Gasteiger partial charge < -0.3 is 14.8 Å². The van der Waals surface area contributed by atoms with E-state index in [1.807, 2.05) is 19.9 Å². The fourth-order valence-electron chi connectivity index (χ4n) is 3.05. The van der Waals surface area contributed by atoms with Crippen molar-refractivity contribution in [1.82, 2.24) is 4.31 Å². The molecule has 1 atom stereocenters. The van der Waals surface area contributed by atoms with Crippen LogP contribution in [0, 0.1) is 0 Å². The van der Waals surface area contributed by atoms with E-state index in [2.05, 4.69) is 5.32 Å². The standard InChI is InChI=1S/C20H23ClN2O5S/c1-5-27-18-9-14-8-12(2)28-17(14)11-16(18)22-20(24)13-6-7-15(21)19(10-13)29(25,26)23(3)4/h6-7,9-12H,5,8H2,1-4H3,(H,22,24)/t12-/m1/s1. The van der Waals surface area contributed by atoms with Crippen LogP contribution in [0.3, 0.4) is 0 Å². The maximum Gasteiger partial charge on any atom is 0.255 e. The van der Waals surface area contributed by atoms with Crippen molar-refractivity contribution in [1.29, 1.82) is 0 Å². The molecule has 9 heteroatoms. The molecule has 1 aliphatic heterocycles. The first kappa shape index (κ1) is 21.4. The van der Waals surface area contributed by atoms with Crippen LogP contribution in [0.5, 0.6) is 11.5 Å². The van der Waals surface area contributed by atoms with Gasteiger partial charge in [-0.1, -0.05) is 11.6 Å². The van der Waals surface area contributed by atoms with Crippen LogP contribution >= 0.6 is 11.6 Å². The second-order valence-corrected chi connectivity index (χ2v) is 9.44. The Kier molecular flexibility index (Phi) is 6.07. The Labute approximate surface area is 175 Å². The summed E-state index contributed by atoms with van der Waals surface area (Å²) in [6, 6.07) is 7.72. The van der Waals surface area contributed by atoms with Crippen LogP contribution in [-0.4, -0.2) is 45.4 Å². The van der Waals surface area contributed by atoms with Gasteiger partial charge in [-0.25, -0.2) is 12.7 Å². The first-order chi connectivity index (χ1) is 13.6. The van der Waals surface area contributed by atoms with E-state index in [1.165, 1.54) is 32.3 Å². The summed E-state index contributed by atoms with van der Waals surface area (Å²) >= 11 is 6.06. The van der Waals surface area contributed by atoms with Gasteiger partial charge in [0.05, 0.1) is 17.3 Å². The Hall–Kier alpha value is -2.29. The molecule has 0 saturated carbocycles. The molecular formula is C20H23ClN2O5S. The lowest BCUT2D eigenvalue weighted by molar-refractivity contribution is 0.102. The van der Waals surface area contributed by atoms with Crippen molar-refractivity contribution in [3.05, 3.63) is 46.5 Å². The Balaban J connectivity index is 1.94. The average Bonchev–Trinajstić information content (AvgIpc) is 3.01. The second-order valence-electron chi connectivity index (χ2n) is 6.91. The van der Waals surface area contributed by atoms with Gasteiger partial charge in [-0.3, -0.25) is 4.79 Å². The maximum absolute atomic E-state index is 12.8. The number of amides is 1. The summed E-state index contributed by atoms with van der Waals surface area (Å²) in [6.07, 6.45) is 0.826. The minimum Gasteiger partial charge on any atom is -0.492 e. The average molecular weight is 439 g/mol. The zero-order chi connectivity index (χ0) is 21.3. The van der Waals surface area contributed by atoms with Crippen LogP contribution in [0.4, 0.5) is 5.69 Å². The molecule has 1 N–H and O–H groups in total. The van der Waals surface area contributed by atoms with Gasteiger partial charge >= 0.3 is 0 Å². The molecule has 2 aromatic rings. The number of rotatable bonds is 6. The summed E-state index contributed by atoms with van der Waals surface area (Å²) in [5.41, 5.74) is 1.63. The third-order valence-electron chi connectivity index (χ3n) is 4.50. The number of anilines is 1. The minimum atomic E-state index is -3.79. The highest BCUT2D eigenvalue weighted by Gasteiger charge is 2.25. The number of sulfonamides is 1. The van der Waals surface area contributed by atoms with Gasteiger partial charge in [-0.05, 0) is 38.1 Å². The molecular weight excluding hydrogens is 416 g/mol. The molecule has 29 heavy (non-hydrogen) atoms. The smallest absolute Gasteiger partial charge is 0.255 e. The quantitative estimate of drug-likeness (QED) is 0.745. The number of carbonyl (C=O) groups excluding carboxylic acids is 1. The van der Waals surface area contributed by atoms with Gasteiger partial charge in [-0.2, -0.15) is 0 Å². The zero-order valence-electron chi connectivity index (χ0n) is 16.7. The molecule has 156 valence electrons. The van der Waals surface area contributed by atoms with Crippen LogP contribution < -0.4 is 14.8 Å². The Bertz CT molecular complexity index is 1050. The summed E-state index contributed by atoms with van der Waals surface area (Å²) in [7, 11) is -0.988. The van der Waals surface area contributed by atoms with Crippen molar-refractivity contribution in [2.24, 2.45) is 0 Å². The van der Waals surface area contributed by atoms with Crippen LogP contribution in [0.25, 0.3) is 0 Å². The molecule has 0 unspecified atom stereocenters. The summed E-state index contributed by atoms with van der Waals surface area (Å²) in [6.45, 7) is 4.26. The molecule has 0 aliphatic carbocycles. The number of fused-ring (bicyclic) bond motifs is 1. The van der Waals surface area contributed by atoms with E-state index in [-0.39, 0.29) is 21.6 Å². The first-order valence-electron chi connectivity index (χ1n) is 9.13. The normalized spacial score (nSPS) is 15.7. The number of benzene rings is 2. The Morgan fingerprint density at radius 3 is 2.69 bits per heavy atom. The van der Waals surface area contributed by atoms with Crippen LogP contribution in [0.15, 0.2) is 35.2 Å². The highest BCUT2D eigenvalue weighted by atomic mass is 35.5. The van der Waals surface area contributed by atoms with Crippen LogP contribution in [-0.2, 0) is 16.4 Å². The van der Waals surface area contributed by atoms with E-state index in [0.29, 0.717) is 23.8 Å². The van der Waals surface area contributed by atoms with Crippen molar-refractivity contribution in [2.45, 2.75) is 31.3 Å². The third kappa shape index (κ3) is 4.34. The number of hydrogen-bond donors (Lipinski definition) is 1. The fourth-order valence-corrected chi connectivity index (χ4v) is 4.44. The monoisotopic (exact) mass is 438 g/mol. The van der Waals surface area contributed by atoms with Crippen molar-refractivity contribution >= 4 is 33.2 Å². The SMILES string of the molecule is CCOc1cc2c(cc1NC(=O)c1ccc(Cl)c(S(=O)(=O)N(C)C)c1)O[C@H](C)C2. The highest BCUT2D eigenvalue weighted by Crippen LogP contribution is 2.38. The molecule has 0 bridgehead atoms. The van der Waals surface area contributed by atoms with Crippen molar-refractivity contribution in [3.63, 3.8) is 0 Å². The predicted molar refractivity (Wildman–Crippen MR) is 112 cm³/mol. The van der Waals surface area contributed by atoms with E-state index in [0.717, 1.165) is 16.3 Å². The van der Waals surface area contributed by atoms with Crippen LogP contribution in [0.1, 0.15) is 29.8 Å². The molecule has 7 nitrogen and oxygen atoms in total. The molecule has 0 spiro atoms. The number of nitrogens with one attached hydrogen (secondary N) is 1. The molecule has 0 fully saturated rings. The largest absolute Gasteiger partial charge is 0.492 e. The number of nitrogens with zero attached hydrogens (tertiary/aromatic N) is 1. The van der Waals surface area contributed by atoms with Gasteiger partial charge in [0.15, 0.2) is 0 Å². The summed E-state index contributed by atoms with van der Waals surface area (Å²) < 4.78 is 37.4. The summed E-state index contributed by atoms with van der Waals surface area (Å²) in [5, 5.41) is 2.83. The number of ether oxygens (including phenoxy) is 2. The first-order valence-corrected chi connectivity index (χ1v) is 10.9. The second kappa shape index (κ2) is 8.22. The summed E-state index contributed by atoms with van der Waals surface area (Å²) in [5.74, 6) is 0.749. The van der Waals surface area contributed by atoms with E-state index in [4.69, 9.17) is 21.1 Å². The molecule has 2 aromatic carbocycles. The summed E-state index contributed by atoms with van der Waals surface area (Å²) in [4.78, 5) is 12.7. The van der Waals surface area contributed by atoms with Crippen molar-refractivity contribution in [3.8, 4) is 11.5 Å². The van der Waals surface area contributed by atoms with Crippen LogP contribution in [0.2, 0.25) is 5.02 Å². The lowest BCUT2D eigenvalue weighted by Crippen LogP contribution is -2.23. The third-order valence-corrected chi connectivity index (χ3v) is 6.79. The number of carbonyl (C=O) groups is 1. The lowest BCUT2D eigenvalue weighted by atomic mass is 10.1. The van der Waals surface area contributed by atoms with Crippen molar-refractivity contribution < 1.29 is 22.7 Å². The Morgan fingerprint density at radius 1 is 1.31 bits per heavy atom. The molecule has 1 aliphatic rings. The molecule has 3 rings (SSSR count). The lowest BCUT2D eigenvalue weighted by Gasteiger charge is -2.15. The topological polar surface area (TPSA) is 84.9 Å². The zero-order valence-corrected chi connectivity index (χ0v) is 18.2. The van der Waals surface area contributed by atoms with E-state index in [1.54, 1.807) is 6.07 Å². The maximum atomic E-state index is 12.8. The number of hydrogen-bond acceptors (Lipinski definition) is 5. The van der Waals surface area contributed by atoms with Gasteiger partial charge in [0.1, 0.15) is 22.5 Å². The molecule has 0 saturated heterocycles. The van der Waals surface area contributed by atoms with E-state index < -0.39 is 15.9 Å². The van der Waals surface area contributed by atoms with Gasteiger partial charge in [0, 0.05) is 37.7 Å². The van der Waals surface area contributed by atoms with Gasteiger partial charge in [-0.15, -0.1) is 0 Å². The van der Waals surface area contributed by atoms with Gasteiger partial charge in [0.25, 0.3) is 5.91 Å². The number of halogens is 1. The Morgan fingerprint density at radius 2 is 2.03 bits per heavy atom. The molecule has 1 amide bonds. The molecule has 0 aromatic heterocycles. The predicted octanol–water partition coefficient (Wildman–Crippen LogP) is 3.56. The van der Waals surface area contributed by atoms with E-state index >= 15 is 0 Å². The van der Waals surface area contributed by atoms with E-state index in [9.17, 15) is 13.2 Å². The molecule has 0 radical (unpaired) electrons. The highest BCUT2D eigenvalue weighted by molar-refractivity contribution is 7.89. The molecule has 1 heterocycles. The van der Waals surface area contributed by atoms with Gasteiger partial charge in [0.2, 0.25) is 10.0 Å². The fraction of sp³-hybridized carbons (Fsp3) is 0.350. The van der Waals surface area contributed by atoms with Crippen molar-refractivity contribution in [2.75, 3.05) is 26.0 Å². The minimum absolute atomic E-state index is 0.0465.